The molecule has 0 bridgehead atoms. The molecule has 1 unspecified atom stereocenters. The third-order valence-corrected chi connectivity index (χ3v) is 3.78. The summed E-state index contributed by atoms with van der Waals surface area (Å²) in [5.74, 6) is -0.0232. The lowest BCUT2D eigenvalue weighted by molar-refractivity contribution is -0.123. The van der Waals surface area contributed by atoms with Crippen LogP contribution in [0.15, 0.2) is 22.6 Å². The third kappa shape index (κ3) is 2.71. The molecule has 1 aromatic heterocycles. The number of rotatable bonds is 4. The molecule has 6 nitrogen and oxygen atoms in total. The Balaban J connectivity index is 1.71. The van der Waals surface area contributed by atoms with Gasteiger partial charge in [0.05, 0.1) is 17.1 Å². The number of amides is 1. The normalized spacial score (nSPS) is 17.2. The summed E-state index contributed by atoms with van der Waals surface area (Å²) in [4.78, 5) is 16.2. The van der Waals surface area contributed by atoms with E-state index in [2.05, 4.69) is 16.4 Å². The molecule has 1 heterocycles. The number of halogens is 1. The highest BCUT2D eigenvalue weighted by atomic mass is 35.5. The SMILES string of the molecule is N#CC1(NC(=O)C(N)Cc2nc3c(Cl)cccc3o2)CC1. The lowest BCUT2D eigenvalue weighted by atomic mass is 10.2. The zero-order valence-electron chi connectivity index (χ0n) is 11.1. The Kier molecular flexibility index (Phi) is 3.32. The molecule has 1 amide bonds. The number of oxazole rings is 1. The Labute approximate surface area is 125 Å². The van der Waals surface area contributed by atoms with Crippen LogP contribution < -0.4 is 11.1 Å². The fourth-order valence-electron chi connectivity index (χ4n) is 2.05. The molecule has 21 heavy (non-hydrogen) atoms. The van der Waals surface area contributed by atoms with Crippen molar-refractivity contribution in [2.45, 2.75) is 30.8 Å². The quantitative estimate of drug-likeness (QED) is 0.891. The standard InChI is InChI=1S/C14H13ClN4O2/c15-8-2-1-3-10-12(8)18-11(21-10)6-9(17)13(20)19-14(7-16)4-5-14/h1-3,9H,4-6,17H2,(H,19,20). The van der Waals surface area contributed by atoms with Crippen LogP contribution in [-0.4, -0.2) is 22.5 Å². The number of nitriles is 1. The molecule has 1 aromatic carbocycles. The van der Waals surface area contributed by atoms with Gasteiger partial charge in [-0.2, -0.15) is 5.26 Å². The Morgan fingerprint density at radius 2 is 2.38 bits per heavy atom. The summed E-state index contributed by atoms with van der Waals surface area (Å²) in [6.07, 6.45) is 1.49. The van der Waals surface area contributed by atoms with Crippen molar-refractivity contribution in [1.29, 1.82) is 5.26 Å². The molecule has 0 saturated heterocycles. The van der Waals surface area contributed by atoms with Crippen LogP contribution in [0.3, 0.4) is 0 Å². The number of hydrogen-bond donors (Lipinski definition) is 2. The van der Waals surface area contributed by atoms with Crippen molar-refractivity contribution in [2.75, 3.05) is 0 Å². The minimum atomic E-state index is -0.817. The van der Waals surface area contributed by atoms with Crippen LogP contribution in [0.5, 0.6) is 0 Å². The van der Waals surface area contributed by atoms with Gasteiger partial charge < -0.3 is 15.5 Å². The average molecular weight is 305 g/mol. The van der Waals surface area contributed by atoms with Crippen molar-refractivity contribution in [2.24, 2.45) is 5.73 Å². The van der Waals surface area contributed by atoms with Crippen LogP contribution in [0.2, 0.25) is 5.02 Å². The molecule has 0 radical (unpaired) electrons. The van der Waals surface area contributed by atoms with E-state index in [1.54, 1.807) is 18.2 Å². The molecular weight excluding hydrogens is 292 g/mol. The first-order valence-corrected chi connectivity index (χ1v) is 6.94. The van der Waals surface area contributed by atoms with E-state index in [4.69, 9.17) is 27.0 Å². The van der Waals surface area contributed by atoms with E-state index in [0.29, 0.717) is 34.9 Å². The Morgan fingerprint density at radius 3 is 3.00 bits per heavy atom. The second-order valence-electron chi connectivity index (χ2n) is 5.19. The fraction of sp³-hybridized carbons (Fsp3) is 0.357. The molecule has 1 aliphatic carbocycles. The molecule has 3 N–H and O–H groups in total. The highest BCUT2D eigenvalue weighted by molar-refractivity contribution is 6.34. The van der Waals surface area contributed by atoms with E-state index in [-0.39, 0.29) is 12.3 Å². The van der Waals surface area contributed by atoms with E-state index < -0.39 is 11.6 Å². The van der Waals surface area contributed by atoms with Crippen LogP contribution >= 0.6 is 11.6 Å². The number of benzene rings is 1. The minimum Gasteiger partial charge on any atom is -0.441 e. The van der Waals surface area contributed by atoms with Gasteiger partial charge in [0.25, 0.3) is 0 Å². The van der Waals surface area contributed by atoms with Crippen LogP contribution in [0.4, 0.5) is 0 Å². The van der Waals surface area contributed by atoms with Gasteiger partial charge in [-0.15, -0.1) is 0 Å². The van der Waals surface area contributed by atoms with E-state index in [9.17, 15) is 4.79 Å². The smallest absolute Gasteiger partial charge is 0.238 e. The number of carbonyl (C=O) groups is 1. The summed E-state index contributed by atoms with van der Waals surface area (Å²) in [5.41, 5.74) is 6.23. The van der Waals surface area contributed by atoms with Gasteiger partial charge in [-0.1, -0.05) is 17.7 Å². The van der Waals surface area contributed by atoms with E-state index >= 15 is 0 Å². The predicted octanol–water partition coefficient (Wildman–Crippen LogP) is 1.52. The number of carbonyl (C=O) groups excluding carboxylic acids is 1. The Morgan fingerprint density at radius 1 is 1.62 bits per heavy atom. The van der Waals surface area contributed by atoms with Crippen LogP contribution in [-0.2, 0) is 11.2 Å². The third-order valence-electron chi connectivity index (χ3n) is 3.47. The number of para-hydroxylation sites is 1. The minimum absolute atomic E-state index is 0.151. The van der Waals surface area contributed by atoms with Crippen molar-refractivity contribution >= 4 is 28.6 Å². The second-order valence-corrected chi connectivity index (χ2v) is 5.60. The monoisotopic (exact) mass is 304 g/mol. The van der Waals surface area contributed by atoms with Gasteiger partial charge in [0, 0.05) is 6.42 Å². The Hall–Kier alpha value is -2.10. The molecule has 7 heteroatoms. The summed E-state index contributed by atoms with van der Waals surface area (Å²) in [6.45, 7) is 0. The summed E-state index contributed by atoms with van der Waals surface area (Å²) in [7, 11) is 0. The summed E-state index contributed by atoms with van der Waals surface area (Å²) in [6, 6.07) is 6.49. The first-order chi connectivity index (χ1) is 10.0. The highest BCUT2D eigenvalue weighted by Crippen LogP contribution is 2.34. The van der Waals surface area contributed by atoms with Gasteiger partial charge >= 0.3 is 0 Å². The average Bonchev–Trinajstić information content (AvgIpc) is 3.10. The maximum absolute atomic E-state index is 12.0. The number of nitrogens with zero attached hydrogens (tertiary/aromatic N) is 2. The summed E-state index contributed by atoms with van der Waals surface area (Å²) < 4.78 is 5.52. The van der Waals surface area contributed by atoms with Gasteiger partial charge in [-0.3, -0.25) is 4.79 Å². The first kappa shape index (κ1) is 13.9. The topological polar surface area (TPSA) is 105 Å². The van der Waals surface area contributed by atoms with Gasteiger partial charge in [-0.05, 0) is 25.0 Å². The van der Waals surface area contributed by atoms with Crippen LogP contribution in [0.1, 0.15) is 18.7 Å². The summed E-state index contributed by atoms with van der Waals surface area (Å²) >= 11 is 6.01. The van der Waals surface area contributed by atoms with Gasteiger partial charge in [0.15, 0.2) is 11.5 Å². The molecule has 1 fully saturated rings. The Bertz CT molecular complexity index is 745. The van der Waals surface area contributed by atoms with Crippen molar-refractivity contribution in [3.8, 4) is 6.07 Å². The first-order valence-electron chi connectivity index (χ1n) is 6.56. The van der Waals surface area contributed by atoms with E-state index in [0.717, 1.165) is 0 Å². The van der Waals surface area contributed by atoms with Crippen molar-refractivity contribution in [3.05, 3.63) is 29.1 Å². The van der Waals surface area contributed by atoms with Crippen molar-refractivity contribution in [3.63, 3.8) is 0 Å². The lowest BCUT2D eigenvalue weighted by Gasteiger charge is -2.13. The number of aromatic nitrogens is 1. The lowest BCUT2D eigenvalue weighted by Crippen LogP contribution is -2.47. The molecule has 1 atom stereocenters. The highest BCUT2D eigenvalue weighted by Gasteiger charge is 2.45. The second kappa shape index (κ2) is 5.02. The van der Waals surface area contributed by atoms with Gasteiger partial charge in [0.2, 0.25) is 5.91 Å². The zero-order chi connectivity index (χ0) is 15.0. The molecule has 1 aliphatic rings. The van der Waals surface area contributed by atoms with Crippen molar-refractivity contribution in [1.82, 2.24) is 10.3 Å². The van der Waals surface area contributed by atoms with E-state index in [1.807, 2.05) is 0 Å². The van der Waals surface area contributed by atoms with Crippen molar-refractivity contribution < 1.29 is 9.21 Å². The molecule has 0 spiro atoms. The van der Waals surface area contributed by atoms with E-state index in [1.165, 1.54) is 0 Å². The molecule has 108 valence electrons. The predicted molar refractivity (Wildman–Crippen MR) is 76.4 cm³/mol. The number of fused-ring (bicyclic) bond motifs is 1. The summed E-state index contributed by atoms with van der Waals surface area (Å²) in [5, 5.41) is 12.1. The maximum atomic E-state index is 12.0. The fourth-order valence-corrected chi connectivity index (χ4v) is 2.26. The largest absolute Gasteiger partial charge is 0.441 e. The van der Waals surface area contributed by atoms with Gasteiger partial charge in [0.1, 0.15) is 11.1 Å². The molecular formula is C14H13ClN4O2. The number of nitrogens with two attached hydrogens (primary N) is 1. The van der Waals surface area contributed by atoms with Gasteiger partial charge in [-0.25, -0.2) is 4.98 Å². The number of hydrogen-bond acceptors (Lipinski definition) is 5. The zero-order valence-corrected chi connectivity index (χ0v) is 11.9. The molecule has 1 saturated carbocycles. The van der Waals surface area contributed by atoms with Crippen LogP contribution in [0, 0.1) is 11.3 Å². The molecule has 3 rings (SSSR count). The van der Waals surface area contributed by atoms with Crippen LogP contribution in [0.25, 0.3) is 11.1 Å². The maximum Gasteiger partial charge on any atom is 0.238 e. The number of nitrogens with one attached hydrogen (secondary N) is 1. The molecule has 2 aromatic rings. The molecule has 0 aliphatic heterocycles.